The lowest BCUT2D eigenvalue weighted by Gasteiger charge is -2.22. The van der Waals surface area contributed by atoms with E-state index in [1.165, 1.54) is 42.8 Å². The second-order valence-corrected chi connectivity index (χ2v) is 7.59. The number of aryl methyl sites for hydroxylation is 1. The number of hydrogen-bond acceptors (Lipinski definition) is 4. The van der Waals surface area contributed by atoms with Crippen molar-refractivity contribution in [1.82, 2.24) is 9.78 Å². The van der Waals surface area contributed by atoms with E-state index >= 15 is 0 Å². The first-order valence-electron chi connectivity index (χ1n) is 7.91. The predicted octanol–water partition coefficient (Wildman–Crippen LogP) is 2.60. The minimum absolute atomic E-state index is 0.164. The fourth-order valence-electron chi connectivity index (χ4n) is 2.82. The van der Waals surface area contributed by atoms with E-state index in [-0.39, 0.29) is 4.90 Å². The molecule has 0 aliphatic carbocycles. The molecular weight excluding hydrogens is 312 g/mol. The largest absolute Gasteiger partial charge is 0.372 e. The van der Waals surface area contributed by atoms with Gasteiger partial charge >= 0.3 is 0 Å². The summed E-state index contributed by atoms with van der Waals surface area (Å²) in [4.78, 5) is 2.53. The molecule has 0 saturated carbocycles. The van der Waals surface area contributed by atoms with Crippen LogP contribution in [0.2, 0.25) is 0 Å². The van der Waals surface area contributed by atoms with Gasteiger partial charge in [-0.25, -0.2) is 8.42 Å². The molecule has 1 N–H and O–H groups in total. The maximum Gasteiger partial charge on any atom is 0.265 e. The van der Waals surface area contributed by atoms with Crippen molar-refractivity contribution in [3.63, 3.8) is 0 Å². The Hall–Kier alpha value is -2.02. The van der Waals surface area contributed by atoms with Crippen LogP contribution in [0.15, 0.2) is 41.6 Å². The van der Waals surface area contributed by atoms with Crippen molar-refractivity contribution in [3.05, 3.63) is 36.7 Å². The molecule has 2 aromatic rings. The van der Waals surface area contributed by atoms with Crippen molar-refractivity contribution in [1.29, 1.82) is 0 Å². The number of anilines is 2. The van der Waals surface area contributed by atoms with E-state index in [0.717, 1.165) is 18.8 Å². The van der Waals surface area contributed by atoms with E-state index in [1.54, 1.807) is 7.05 Å². The molecule has 1 aromatic heterocycles. The average molecular weight is 334 g/mol. The molecule has 6 nitrogen and oxygen atoms in total. The van der Waals surface area contributed by atoms with Crippen LogP contribution >= 0.6 is 0 Å². The molecule has 1 aliphatic rings. The Bertz CT molecular complexity index is 745. The van der Waals surface area contributed by atoms with Crippen LogP contribution in [-0.2, 0) is 17.1 Å². The summed E-state index contributed by atoms with van der Waals surface area (Å²) in [5, 5.41) is 3.90. The molecule has 7 heteroatoms. The highest BCUT2D eigenvalue weighted by Crippen LogP contribution is 2.23. The smallest absolute Gasteiger partial charge is 0.265 e. The lowest BCUT2D eigenvalue weighted by Crippen LogP contribution is -2.23. The zero-order valence-electron chi connectivity index (χ0n) is 13.3. The molecule has 0 atom stereocenters. The Morgan fingerprint density at radius 1 is 1.04 bits per heavy atom. The number of nitrogens with one attached hydrogen (secondary N) is 1. The maximum atomic E-state index is 12.3. The third-order valence-electron chi connectivity index (χ3n) is 4.08. The topological polar surface area (TPSA) is 67.2 Å². The van der Waals surface area contributed by atoms with E-state index in [4.69, 9.17) is 0 Å². The van der Waals surface area contributed by atoms with Gasteiger partial charge in [0.1, 0.15) is 4.90 Å². The van der Waals surface area contributed by atoms with Crippen molar-refractivity contribution >= 4 is 21.4 Å². The molecule has 0 radical (unpaired) electrons. The Morgan fingerprint density at radius 2 is 1.70 bits per heavy atom. The van der Waals surface area contributed by atoms with Gasteiger partial charge in [0, 0.05) is 37.7 Å². The molecule has 1 saturated heterocycles. The number of aromatic nitrogens is 2. The number of nitrogens with zero attached hydrogens (tertiary/aromatic N) is 3. The average Bonchev–Trinajstić information content (AvgIpc) is 2.81. The summed E-state index contributed by atoms with van der Waals surface area (Å²) in [5.41, 5.74) is 1.71. The highest BCUT2D eigenvalue weighted by Gasteiger charge is 2.16. The van der Waals surface area contributed by atoms with Gasteiger partial charge in [-0.05, 0) is 37.1 Å². The summed E-state index contributed by atoms with van der Waals surface area (Å²) < 4.78 is 28.6. The zero-order valence-corrected chi connectivity index (χ0v) is 14.1. The molecule has 3 rings (SSSR count). The highest BCUT2D eigenvalue weighted by atomic mass is 32.2. The zero-order chi connectivity index (χ0) is 16.3. The summed E-state index contributed by atoms with van der Waals surface area (Å²) in [7, 11) is -1.89. The first kappa shape index (κ1) is 15.9. The molecule has 1 aromatic carbocycles. The first-order valence-corrected chi connectivity index (χ1v) is 9.39. The van der Waals surface area contributed by atoms with Crippen LogP contribution in [-0.4, -0.2) is 31.3 Å². The van der Waals surface area contributed by atoms with Crippen molar-refractivity contribution in [2.45, 2.75) is 30.6 Å². The highest BCUT2D eigenvalue weighted by molar-refractivity contribution is 7.92. The van der Waals surface area contributed by atoms with Gasteiger partial charge < -0.3 is 4.90 Å². The Labute approximate surface area is 137 Å². The number of sulfonamides is 1. The Kier molecular flexibility index (Phi) is 4.56. The summed E-state index contributed by atoms with van der Waals surface area (Å²) in [6, 6.07) is 7.58. The molecule has 0 amide bonds. The van der Waals surface area contributed by atoms with Crippen LogP contribution in [0.25, 0.3) is 0 Å². The minimum Gasteiger partial charge on any atom is -0.372 e. The molecule has 0 spiro atoms. The van der Waals surface area contributed by atoms with Crippen LogP contribution < -0.4 is 9.62 Å². The molecular formula is C16H22N4O2S. The molecule has 23 heavy (non-hydrogen) atoms. The van der Waals surface area contributed by atoms with Crippen LogP contribution in [0.3, 0.4) is 0 Å². The first-order chi connectivity index (χ1) is 11.0. The summed E-state index contributed by atoms with van der Waals surface area (Å²) in [6.07, 6.45) is 7.84. The quantitative estimate of drug-likeness (QED) is 0.933. The van der Waals surface area contributed by atoms with Gasteiger partial charge in [0.25, 0.3) is 10.0 Å². The fourth-order valence-corrected chi connectivity index (χ4v) is 3.86. The van der Waals surface area contributed by atoms with Crippen molar-refractivity contribution in [2.24, 2.45) is 7.05 Å². The molecule has 2 heterocycles. The van der Waals surface area contributed by atoms with E-state index in [1.807, 2.05) is 24.3 Å². The van der Waals surface area contributed by atoms with Gasteiger partial charge in [0.2, 0.25) is 0 Å². The third kappa shape index (κ3) is 3.85. The van der Waals surface area contributed by atoms with Crippen molar-refractivity contribution in [3.8, 4) is 0 Å². The standard InChI is InChI=1S/C16H22N4O2S/c1-19-13-16(12-17-19)23(21,22)18-14-6-8-15(9-7-14)20-10-4-2-3-5-11-20/h6-9,12-13,18H,2-5,10-11H2,1H3. The molecule has 0 bridgehead atoms. The second kappa shape index (κ2) is 6.62. The van der Waals surface area contributed by atoms with E-state index in [0.29, 0.717) is 5.69 Å². The van der Waals surface area contributed by atoms with Gasteiger partial charge in [-0.15, -0.1) is 0 Å². The monoisotopic (exact) mass is 334 g/mol. The predicted molar refractivity (Wildman–Crippen MR) is 91.1 cm³/mol. The Morgan fingerprint density at radius 3 is 2.26 bits per heavy atom. The summed E-state index contributed by atoms with van der Waals surface area (Å²) in [6.45, 7) is 2.14. The van der Waals surface area contributed by atoms with Crippen LogP contribution in [0, 0.1) is 0 Å². The maximum absolute atomic E-state index is 12.3. The third-order valence-corrected chi connectivity index (χ3v) is 5.42. The van der Waals surface area contributed by atoms with Crippen molar-refractivity contribution in [2.75, 3.05) is 22.7 Å². The van der Waals surface area contributed by atoms with Gasteiger partial charge in [-0.3, -0.25) is 9.40 Å². The lowest BCUT2D eigenvalue weighted by molar-refractivity contribution is 0.601. The van der Waals surface area contributed by atoms with Gasteiger partial charge in [-0.1, -0.05) is 12.8 Å². The SMILES string of the molecule is Cn1cc(S(=O)(=O)Nc2ccc(N3CCCCCC3)cc2)cn1. The van der Waals surface area contributed by atoms with E-state index in [9.17, 15) is 8.42 Å². The lowest BCUT2D eigenvalue weighted by atomic mass is 10.2. The van der Waals surface area contributed by atoms with Gasteiger partial charge in [-0.2, -0.15) is 5.10 Å². The Balaban J connectivity index is 1.72. The van der Waals surface area contributed by atoms with Crippen LogP contribution in [0.1, 0.15) is 25.7 Å². The molecule has 1 fully saturated rings. The van der Waals surface area contributed by atoms with Crippen LogP contribution in [0.5, 0.6) is 0 Å². The second-order valence-electron chi connectivity index (χ2n) is 5.90. The number of rotatable bonds is 4. The number of hydrogen-bond donors (Lipinski definition) is 1. The summed E-state index contributed by atoms with van der Waals surface area (Å²) in [5.74, 6) is 0. The van der Waals surface area contributed by atoms with E-state index < -0.39 is 10.0 Å². The molecule has 124 valence electrons. The summed E-state index contributed by atoms with van der Waals surface area (Å²) >= 11 is 0. The minimum atomic E-state index is -3.58. The van der Waals surface area contributed by atoms with Crippen LogP contribution in [0.4, 0.5) is 11.4 Å². The van der Waals surface area contributed by atoms with E-state index in [2.05, 4.69) is 14.7 Å². The fraction of sp³-hybridized carbons (Fsp3) is 0.438. The molecule has 0 unspecified atom stereocenters. The van der Waals surface area contributed by atoms with Gasteiger partial charge in [0.05, 0.1) is 6.20 Å². The molecule has 1 aliphatic heterocycles. The van der Waals surface area contributed by atoms with Gasteiger partial charge in [0.15, 0.2) is 0 Å². The number of benzene rings is 1. The normalized spacial score (nSPS) is 16.1. The van der Waals surface area contributed by atoms with Crippen molar-refractivity contribution < 1.29 is 8.42 Å².